The lowest BCUT2D eigenvalue weighted by Gasteiger charge is -2.05. The normalized spacial score (nSPS) is 11.8. The highest BCUT2D eigenvalue weighted by Crippen LogP contribution is 2.38. The van der Waals surface area contributed by atoms with Gasteiger partial charge in [-0.05, 0) is 42.5 Å². The van der Waals surface area contributed by atoms with E-state index in [1.54, 1.807) is 48.5 Å². The minimum absolute atomic E-state index is 0.0138. The Hall–Kier alpha value is -3.49. The van der Waals surface area contributed by atoms with E-state index in [4.69, 9.17) is 16.1 Å². The molecule has 1 N–H and O–H groups in total. The van der Waals surface area contributed by atoms with E-state index in [9.17, 15) is 12.8 Å². The van der Waals surface area contributed by atoms with Crippen LogP contribution in [-0.2, 0) is 9.84 Å². The summed E-state index contributed by atoms with van der Waals surface area (Å²) in [7, 11) is -3.97. The zero-order chi connectivity index (χ0) is 21.6. The van der Waals surface area contributed by atoms with Crippen molar-refractivity contribution in [1.82, 2.24) is 15.1 Å². The summed E-state index contributed by atoms with van der Waals surface area (Å²) >= 11 is 6.14. The lowest BCUT2D eigenvalue weighted by molar-refractivity contribution is 0.429. The molecule has 0 unspecified atom stereocenters. The average molecular weight is 454 g/mol. The number of benzene rings is 3. The number of hydrogen-bond acceptors (Lipinski definition) is 5. The highest BCUT2D eigenvalue weighted by atomic mass is 35.5. The van der Waals surface area contributed by atoms with Crippen molar-refractivity contribution in [3.8, 4) is 23.0 Å². The van der Waals surface area contributed by atoms with Crippen LogP contribution in [0.2, 0.25) is 5.02 Å². The minimum Gasteiger partial charge on any atom is -0.351 e. The summed E-state index contributed by atoms with van der Waals surface area (Å²) in [6, 6.07) is 18.8. The van der Waals surface area contributed by atoms with Gasteiger partial charge in [0.25, 0.3) is 5.89 Å². The van der Waals surface area contributed by atoms with Crippen LogP contribution < -0.4 is 0 Å². The topological polar surface area (TPSA) is 88.8 Å². The molecule has 0 spiro atoms. The molecule has 0 atom stereocenters. The Kier molecular flexibility index (Phi) is 4.60. The van der Waals surface area contributed by atoms with Crippen molar-refractivity contribution in [2.75, 3.05) is 0 Å². The van der Waals surface area contributed by atoms with Crippen molar-refractivity contribution in [2.45, 2.75) is 9.79 Å². The molecule has 5 rings (SSSR count). The van der Waals surface area contributed by atoms with E-state index in [-0.39, 0.29) is 32.8 Å². The predicted molar refractivity (Wildman–Crippen MR) is 114 cm³/mol. The van der Waals surface area contributed by atoms with Gasteiger partial charge in [0, 0.05) is 15.9 Å². The first-order valence-corrected chi connectivity index (χ1v) is 11.0. The average Bonchev–Trinajstić information content (AvgIpc) is 3.39. The summed E-state index contributed by atoms with van der Waals surface area (Å²) in [4.78, 5) is 7.37. The number of aromatic amines is 1. The van der Waals surface area contributed by atoms with Crippen molar-refractivity contribution in [3.63, 3.8) is 0 Å². The number of nitrogens with zero attached hydrogens (tertiary/aromatic N) is 2. The van der Waals surface area contributed by atoms with Gasteiger partial charge in [0.1, 0.15) is 16.4 Å². The molecule has 2 heterocycles. The van der Waals surface area contributed by atoms with Gasteiger partial charge in [0.15, 0.2) is 0 Å². The van der Waals surface area contributed by atoms with E-state index in [1.807, 2.05) is 0 Å². The molecular formula is C22H13ClFN3O3S. The molecule has 0 saturated carbocycles. The third-order valence-electron chi connectivity index (χ3n) is 4.79. The minimum atomic E-state index is -3.97. The van der Waals surface area contributed by atoms with E-state index in [0.717, 1.165) is 0 Å². The molecule has 31 heavy (non-hydrogen) atoms. The maximum atomic E-state index is 14.1. The van der Waals surface area contributed by atoms with Gasteiger partial charge in [0.2, 0.25) is 15.7 Å². The summed E-state index contributed by atoms with van der Waals surface area (Å²) < 4.78 is 46.5. The summed E-state index contributed by atoms with van der Waals surface area (Å²) in [5, 5.41) is 4.68. The Morgan fingerprint density at radius 3 is 2.48 bits per heavy atom. The van der Waals surface area contributed by atoms with Gasteiger partial charge in [-0.2, -0.15) is 4.98 Å². The third-order valence-corrected chi connectivity index (χ3v) is 6.88. The maximum Gasteiger partial charge on any atom is 0.261 e. The molecule has 0 aliphatic rings. The Bertz CT molecular complexity index is 1530. The number of fused-ring (bicyclic) bond motifs is 1. The maximum absolute atomic E-state index is 14.1. The van der Waals surface area contributed by atoms with E-state index >= 15 is 0 Å². The van der Waals surface area contributed by atoms with Crippen molar-refractivity contribution in [3.05, 3.63) is 83.6 Å². The Balaban J connectivity index is 1.76. The second kappa shape index (κ2) is 7.33. The van der Waals surface area contributed by atoms with Crippen molar-refractivity contribution in [1.29, 1.82) is 0 Å². The molecule has 0 amide bonds. The molecule has 3 aromatic carbocycles. The van der Waals surface area contributed by atoms with Gasteiger partial charge in [0.05, 0.1) is 10.5 Å². The van der Waals surface area contributed by atoms with Crippen molar-refractivity contribution >= 4 is 32.3 Å². The van der Waals surface area contributed by atoms with Crippen LogP contribution in [0.25, 0.3) is 33.9 Å². The van der Waals surface area contributed by atoms with E-state index in [1.165, 1.54) is 24.3 Å². The van der Waals surface area contributed by atoms with Crippen LogP contribution in [0.3, 0.4) is 0 Å². The van der Waals surface area contributed by atoms with E-state index in [2.05, 4.69) is 15.1 Å². The molecule has 2 aromatic heterocycles. The lowest BCUT2D eigenvalue weighted by atomic mass is 10.2. The number of halogens is 2. The fourth-order valence-corrected chi connectivity index (χ4v) is 5.16. The second-order valence-electron chi connectivity index (χ2n) is 6.74. The summed E-state index contributed by atoms with van der Waals surface area (Å²) in [6.45, 7) is 0. The fourth-order valence-electron chi connectivity index (χ4n) is 3.36. The first-order valence-electron chi connectivity index (χ1n) is 9.15. The molecule has 0 fully saturated rings. The highest BCUT2D eigenvalue weighted by molar-refractivity contribution is 7.91. The molecule has 0 aliphatic heterocycles. The SMILES string of the molecule is O=S(=O)(c1ccccc1)c1c(-c2noc(-c3ccccc3F)n2)[nH]c2ccc(Cl)cc12. The van der Waals surface area contributed by atoms with Gasteiger partial charge in [-0.15, -0.1) is 0 Å². The van der Waals surface area contributed by atoms with Crippen LogP contribution in [0.15, 0.2) is 87.1 Å². The summed E-state index contributed by atoms with van der Waals surface area (Å²) in [6.07, 6.45) is 0. The Labute approximate surface area is 181 Å². The van der Waals surface area contributed by atoms with Gasteiger partial charge in [-0.3, -0.25) is 0 Å². The van der Waals surface area contributed by atoms with Crippen LogP contribution in [0.5, 0.6) is 0 Å². The lowest BCUT2D eigenvalue weighted by Crippen LogP contribution is -2.03. The van der Waals surface area contributed by atoms with Crippen LogP contribution in [0, 0.1) is 5.82 Å². The van der Waals surface area contributed by atoms with Crippen LogP contribution in [0.4, 0.5) is 4.39 Å². The van der Waals surface area contributed by atoms with Gasteiger partial charge < -0.3 is 9.51 Å². The molecule has 154 valence electrons. The first kappa shape index (κ1) is 19.5. The molecule has 6 nitrogen and oxygen atoms in total. The van der Waals surface area contributed by atoms with Gasteiger partial charge >= 0.3 is 0 Å². The van der Waals surface area contributed by atoms with Crippen molar-refractivity contribution in [2.24, 2.45) is 0 Å². The number of nitrogens with one attached hydrogen (secondary N) is 1. The number of aromatic nitrogens is 3. The number of rotatable bonds is 4. The van der Waals surface area contributed by atoms with E-state index in [0.29, 0.717) is 15.9 Å². The second-order valence-corrected chi connectivity index (χ2v) is 9.06. The summed E-state index contributed by atoms with van der Waals surface area (Å²) in [5.41, 5.74) is 0.784. The van der Waals surface area contributed by atoms with Crippen molar-refractivity contribution < 1.29 is 17.3 Å². The van der Waals surface area contributed by atoms with Crippen LogP contribution in [-0.4, -0.2) is 23.5 Å². The molecule has 0 bridgehead atoms. The quantitative estimate of drug-likeness (QED) is 0.387. The number of hydrogen-bond donors (Lipinski definition) is 1. The monoisotopic (exact) mass is 453 g/mol. The smallest absolute Gasteiger partial charge is 0.261 e. The first-order chi connectivity index (χ1) is 14.9. The van der Waals surface area contributed by atoms with Crippen LogP contribution >= 0.6 is 11.6 Å². The van der Waals surface area contributed by atoms with Gasteiger partial charge in [-0.25, -0.2) is 12.8 Å². The Morgan fingerprint density at radius 1 is 0.968 bits per heavy atom. The molecule has 5 aromatic rings. The fraction of sp³-hybridized carbons (Fsp3) is 0. The highest BCUT2D eigenvalue weighted by Gasteiger charge is 2.29. The standard InChI is InChI=1S/C22H13ClFN3O3S/c23-13-10-11-18-16(12-13)20(31(28,29)14-6-2-1-3-7-14)19(25-18)21-26-22(30-27-21)15-8-4-5-9-17(15)24/h1-12,25H. The third kappa shape index (κ3) is 3.30. The predicted octanol–water partition coefficient (Wildman–Crippen LogP) is 5.51. The van der Waals surface area contributed by atoms with Crippen LogP contribution in [0.1, 0.15) is 0 Å². The summed E-state index contributed by atoms with van der Waals surface area (Å²) in [5.74, 6) is -0.605. The molecule has 0 aliphatic carbocycles. The number of H-pyrrole nitrogens is 1. The molecule has 0 radical (unpaired) electrons. The largest absolute Gasteiger partial charge is 0.351 e. The number of sulfone groups is 1. The van der Waals surface area contributed by atoms with E-state index < -0.39 is 15.7 Å². The zero-order valence-corrected chi connectivity index (χ0v) is 17.3. The zero-order valence-electron chi connectivity index (χ0n) is 15.7. The Morgan fingerprint density at radius 2 is 1.71 bits per heavy atom. The molecule has 9 heteroatoms. The molecule has 0 saturated heterocycles. The van der Waals surface area contributed by atoms with Gasteiger partial charge in [-0.1, -0.05) is 47.1 Å². The molecular weight excluding hydrogens is 441 g/mol.